The van der Waals surface area contributed by atoms with Gasteiger partial charge >= 0.3 is 0 Å². The van der Waals surface area contributed by atoms with Gasteiger partial charge in [0.25, 0.3) is 0 Å². The molecule has 0 radical (unpaired) electrons. The average molecular weight is 165 g/mol. The summed E-state index contributed by atoms with van der Waals surface area (Å²) >= 11 is 0. The van der Waals surface area contributed by atoms with Crippen LogP contribution >= 0.6 is 0 Å². The van der Waals surface area contributed by atoms with Crippen molar-refractivity contribution >= 4 is 11.0 Å². The van der Waals surface area contributed by atoms with Crippen LogP contribution in [-0.2, 0) is 7.05 Å². The molecule has 2 aromatic heterocycles. The van der Waals surface area contributed by atoms with E-state index < -0.39 is 0 Å². The normalized spacial score (nSPS) is 10.9. The first-order valence-electron chi connectivity index (χ1n) is 3.63. The van der Waals surface area contributed by atoms with E-state index in [1.54, 1.807) is 24.9 Å². The highest BCUT2D eigenvalue weighted by atomic mass is 19.1. The first kappa shape index (κ1) is 7.21. The predicted molar refractivity (Wildman–Crippen MR) is 43.2 cm³/mol. The summed E-state index contributed by atoms with van der Waals surface area (Å²) in [6, 6.07) is 1.40. The molecule has 3 nitrogen and oxygen atoms in total. The van der Waals surface area contributed by atoms with Crippen LogP contribution in [0, 0.1) is 12.7 Å². The smallest absolute Gasteiger partial charge is 0.146 e. The summed E-state index contributed by atoms with van der Waals surface area (Å²) in [5.41, 5.74) is 1.74. The third-order valence-electron chi connectivity index (χ3n) is 1.73. The van der Waals surface area contributed by atoms with Crippen molar-refractivity contribution in [1.29, 1.82) is 0 Å². The van der Waals surface area contributed by atoms with Crippen LogP contribution < -0.4 is 0 Å². The maximum Gasteiger partial charge on any atom is 0.146 e. The van der Waals surface area contributed by atoms with Gasteiger partial charge in [0.2, 0.25) is 0 Å². The molecular formula is C8H8FN3. The van der Waals surface area contributed by atoms with Crippen LogP contribution in [0.25, 0.3) is 11.0 Å². The zero-order valence-electron chi connectivity index (χ0n) is 6.87. The molecule has 2 heterocycles. The molecule has 0 saturated heterocycles. The monoisotopic (exact) mass is 165 g/mol. The zero-order chi connectivity index (χ0) is 8.72. The minimum absolute atomic E-state index is 0.304. The van der Waals surface area contributed by atoms with Gasteiger partial charge in [-0.3, -0.25) is 4.68 Å². The Hall–Kier alpha value is -1.45. The molecule has 62 valence electrons. The minimum Gasteiger partial charge on any atom is -0.273 e. The Balaban J connectivity index is 2.83. The molecule has 4 heteroatoms. The molecule has 0 spiro atoms. The second-order valence-electron chi connectivity index (χ2n) is 2.76. The minimum atomic E-state index is -0.304. The molecule has 0 aliphatic rings. The summed E-state index contributed by atoms with van der Waals surface area (Å²) in [4.78, 5) is 4.04. The predicted octanol–water partition coefficient (Wildman–Crippen LogP) is 1.42. The van der Waals surface area contributed by atoms with E-state index in [1.165, 1.54) is 6.07 Å². The van der Waals surface area contributed by atoms with Gasteiger partial charge in [0.15, 0.2) is 0 Å². The van der Waals surface area contributed by atoms with Gasteiger partial charge in [-0.1, -0.05) is 0 Å². The highest BCUT2D eigenvalue weighted by Crippen LogP contribution is 2.12. The van der Waals surface area contributed by atoms with Crippen LogP contribution in [0.1, 0.15) is 5.69 Å². The number of nitrogens with zero attached hydrogens (tertiary/aromatic N) is 3. The lowest BCUT2D eigenvalue weighted by Gasteiger charge is -1.92. The maximum atomic E-state index is 12.9. The van der Waals surface area contributed by atoms with E-state index in [1.807, 2.05) is 0 Å². The molecule has 12 heavy (non-hydrogen) atoms. The van der Waals surface area contributed by atoms with Crippen LogP contribution in [0.3, 0.4) is 0 Å². The van der Waals surface area contributed by atoms with Crippen molar-refractivity contribution in [3.05, 3.63) is 23.8 Å². The lowest BCUT2D eigenvalue weighted by molar-refractivity contribution is 0.612. The number of fused-ring (bicyclic) bond motifs is 1. The summed E-state index contributed by atoms with van der Waals surface area (Å²) in [6.07, 6.45) is 1.77. The number of hydrogen-bond acceptors (Lipinski definition) is 2. The van der Waals surface area contributed by atoms with Gasteiger partial charge in [-0.15, -0.1) is 0 Å². The highest BCUT2D eigenvalue weighted by Gasteiger charge is 2.04. The molecule has 0 aromatic carbocycles. The molecule has 0 amide bonds. The third-order valence-corrected chi connectivity index (χ3v) is 1.73. The molecule has 2 rings (SSSR count). The number of hydrogen-bond donors (Lipinski definition) is 0. The van der Waals surface area contributed by atoms with Gasteiger partial charge in [0.1, 0.15) is 16.9 Å². The van der Waals surface area contributed by atoms with E-state index in [9.17, 15) is 4.39 Å². The molecule has 0 aliphatic carbocycles. The number of aromatic nitrogens is 3. The van der Waals surface area contributed by atoms with E-state index in [0.717, 1.165) is 5.52 Å². The number of pyridine rings is 1. The fourth-order valence-electron chi connectivity index (χ4n) is 1.14. The molecule has 2 aromatic rings. The Morgan fingerprint density at radius 3 is 2.92 bits per heavy atom. The maximum absolute atomic E-state index is 12.9. The number of aryl methyl sites for hydroxylation is 2. The van der Waals surface area contributed by atoms with Crippen molar-refractivity contribution in [3.63, 3.8) is 0 Å². The first-order chi connectivity index (χ1) is 5.66. The molecule has 0 unspecified atom stereocenters. The zero-order valence-corrected chi connectivity index (χ0v) is 6.87. The molecule has 0 aliphatic heterocycles. The van der Waals surface area contributed by atoms with E-state index in [0.29, 0.717) is 11.2 Å². The largest absolute Gasteiger partial charge is 0.273 e. The van der Waals surface area contributed by atoms with Crippen molar-refractivity contribution in [2.24, 2.45) is 7.05 Å². The molecular weight excluding hydrogens is 157 g/mol. The average Bonchev–Trinajstić information content (AvgIpc) is 2.30. The molecule has 0 fully saturated rings. The van der Waals surface area contributed by atoms with Crippen molar-refractivity contribution in [1.82, 2.24) is 14.8 Å². The van der Waals surface area contributed by atoms with Crippen LogP contribution in [0.15, 0.2) is 12.3 Å². The lowest BCUT2D eigenvalue weighted by Crippen LogP contribution is -1.87. The second kappa shape index (κ2) is 2.27. The summed E-state index contributed by atoms with van der Waals surface area (Å²) in [5, 5.41) is 4.03. The van der Waals surface area contributed by atoms with Gasteiger partial charge in [0, 0.05) is 13.1 Å². The fourth-order valence-corrected chi connectivity index (χ4v) is 1.14. The molecule has 0 saturated carbocycles. The Morgan fingerprint density at radius 1 is 1.42 bits per heavy atom. The summed E-state index contributed by atoms with van der Waals surface area (Å²) in [5.74, 6) is -0.304. The van der Waals surface area contributed by atoms with E-state index in [2.05, 4.69) is 10.1 Å². The summed E-state index contributed by atoms with van der Waals surface area (Å²) < 4.78 is 14.6. The van der Waals surface area contributed by atoms with Crippen molar-refractivity contribution in [3.8, 4) is 0 Å². The topological polar surface area (TPSA) is 30.7 Å². The van der Waals surface area contributed by atoms with Crippen LogP contribution in [0.5, 0.6) is 0 Å². The number of rotatable bonds is 0. The van der Waals surface area contributed by atoms with Crippen LogP contribution in [0.4, 0.5) is 4.39 Å². The standard InChI is InChI=1S/C8H8FN3/c1-5-6(9)3-7-8(10-5)4-12(2)11-7/h3-4H,1-2H3. The Bertz CT molecular complexity index is 394. The molecule has 0 N–H and O–H groups in total. The Kier molecular flexibility index (Phi) is 1.36. The highest BCUT2D eigenvalue weighted by molar-refractivity contribution is 5.73. The van der Waals surface area contributed by atoms with Gasteiger partial charge in [-0.05, 0) is 6.92 Å². The van der Waals surface area contributed by atoms with Gasteiger partial charge in [-0.25, -0.2) is 9.37 Å². The van der Waals surface area contributed by atoms with Gasteiger partial charge in [-0.2, -0.15) is 5.10 Å². The Morgan fingerprint density at radius 2 is 2.17 bits per heavy atom. The SMILES string of the molecule is Cc1nc2cn(C)nc2cc1F. The third kappa shape index (κ3) is 0.958. The number of halogens is 1. The second-order valence-corrected chi connectivity index (χ2v) is 2.76. The van der Waals surface area contributed by atoms with Gasteiger partial charge in [0.05, 0.1) is 11.9 Å². The lowest BCUT2D eigenvalue weighted by atomic mass is 10.3. The molecule has 0 atom stereocenters. The van der Waals surface area contributed by atoms with E-state index in [-0.39, 0.29) is 5.82 Å². The quantitative estimate of drug-likeness (QED) is 0.591. The first-order valence-corrected chi connectivity index (χ1v) is 3.63. The van der Waals surface area contributed by atoms with Crippen molar-refractivity contribution in [2.75, 3.05) is 0 Å². The summed E-state index contributed by atoms with van der Waals surface area (Å²) in [7, 11) is 1.79. The van der Waals surface area contributed by atoms with Crippen molar-refractivity contribution in [2.45, 2.75) is 6.92 Å². The van der Waals surface area contributed by atoms with E-state index >= 15 is 0 Å². The van der Waals surface area contributed by atoms with Crippen molar-refractivity contribution < 1.29 is 4.39 Å². The molecule has 0 bridgehead atoms. The Labute approximate surface area is 68.8 Å². The van der Waals surface area contributed by atoms with Gasteiger partial charge < -0.3 is 0 Å². The fraction of sp³-hybridized carbons (Fsp3) is 0.250. The van der Waals surface area contributed by atoms with Crippen LogP contribution in [0.2, 0.25) is 0 Å². The summed E-state index contributed by atoms with van der Waals surface area (Å²) in [6.45, 7) is 1.64. The van der Waals surface area contributed by atoms with E-state index in [4.69, 9.17) is 0 Å². The van der Waals surface area contributed by atoms with Crippen LogP contribution in [-0.4, -0.2) is 14.8 Å².